The molecule has 0 saturated heterocycles. The third-order valence-corrected chi connectivity index (χ3v) is 4.83. The molecule has 0 aromatic carbocycles. The first-order chi connectivity index (χ1) is 13.9. The third-order valence-electron chi connectivity index (χ3n) is 3.79. The number of aryl methyl sites for hydroxylation is 1. The zero-order valence-corrected chi connectivity index (χ0v) is 17.5. The number of rotatable bonds is 10. The molecule has 0 aliphatic rings. The fraction of sp³-hybridized carbons (Fsp3) is 0.421. The van der Waals surface area contributed by atoms with Gasteiger partial charge in [0.1, 0.15) is 10.8 Å². The summed E-state index contributed by atoms with van der Waals surface area (Å²) in [4.78, 5) is 42.0. The molecule has 9 nitrogen and oxygen atoms in total. The SMILES string of the molecule is CCNC(=O)CN(CC)C(=O)COC(=O)c1cccnc1SCc1cc(C)on1. The summed E-state index contributed by atoms with van der Waals surface area (Å²) in [6.07, 6.45) is 1.57. The summed E-state index contributed by atoms with van der Waals surface area (Å²) < 4.78 is 10.2. The summed E-state index contributed by atoms with van der Waals surface area (Å²) in [5, 5.41) is 7.01. The maximum absolute atomic E-state index is 12.5. The summed E-state index contributed by atoms with van der Waals surface area (Å²) in [7, 11) is 0. The van der Waals surface area contributed by atoms with E-state index < -0.39 is 18.5 Å². The molecule has 0 aliphatic carbocycles. The number of hydrogen-bond donors (Lipinski definition) is 1. The molecule has 0 bridgehead atoms. The van der Waals surface area contributed by atoms with Crippen LogP contribution in [0.15, 0.2) is 33.9 Å². The highest BCUT2D eigenvalue weighted by atomic mass is 32.2. The van der Waals surface area contributed by atoms with Crippen LogP contribution in [-0.2, 0) is 20.1 Å². The van der Waals surface area contributed by atoms with Crippen LogP contribution in [-0.4, -0.2) is 59.1 Å². The normalized spacial score (nSPS) is 10.4. The maximum atomic E-state index is 12.5. The Labute approximate surface area is 173 Å². The van der Waals surface area contributed by atoms with Gasteiger partial charge >= 0.3 is 5.97 Å². The van der Waals surface area contributed by atoms with Crippen LogP contribution < -0.4 is 5.32 Å². The predicted molar refractivity (Wildman–Crippen MR) is 106 cm³/mol. The van der Waals surface area contributed by atoms with E-state index in [9.17, 15) is 14.4 Å². The van der Waals surface area contributed by atoms with Crippen LogP contribution in [0, 0.1) is 6.92 Å². The Hall–Kier alpha value is -2.88. The first-order valence-corrected chi connectivity index (χ1v) is 10.1. The summed E-state index contributed by atoms with van der Waals surface area (Å²) in [5.41, 5.74) is 0.994. The molecule has 2 amide bonds. The zero-order valence-electron chi connectivity index (χ0n) is 16.6. The molecule has 0 fully saturated rings. The van der Waals surface area contributed by atoms with Crippen LogP contribution in [0.3, 0.4) is 0 Å². The second-order valence-electron chi connectivity index (χ2n) is 6.01. The van der Waals surface area contributed by atoms with E-state index in [1.165, 1.54) is 16.7 Å². The van der Waals surface area contributed by atoms with Crippen molar-refractivity contribution in [2.24, 2.45) is 0 Å². The number of thioether (sulfide) groups is 1. The second kappa shape index (κ2) is 11.2. The molecule has 0 unspecified atom stereocenters. The number of hydrogen-bond acceptors (Lipinski definition) is 8. The number of esters is 1. The topological polar surface area (TPSA) is 115 Å². The quantitative estimate of drug-likeness (QED) is 0.457. The Morgan fingerprint density at radius 3 is 2.76 bits per heavy atom. The molecule has 0 radical (unpaired) electrons. The third kappa shape index (κ3) is 6.90. The molecule has 0 spiro atoms. The molecule has 1 N–H and O–H groups in total. The van der Waals surface area contributed by atoms with E-state index in [-0.39, 0.29) is 18.0 Å². The van der Waals surface area contributed by atoms with Gasteiger partial charge in [0.25, 0.3) is 5.91 Å². The van der Waals surface area contributed by atoms with Gasteiger partial charge in [0, 0.05) is 31.1 Å². The van der Waals surface area contributed by atoms with E-state index in [2.05, 4.69) is 15.5 Å². The molecule has 2 rings (SSSR count). The van der Waals surface area contributed by atoms with Crippen molar-refractivity contribution in [3.63, 3.8) is 0 Å². The van der Waals surface area contributed by atoms with E-state index in [1.54, 1.807) is 45.2 Å². The highest BCUT2D eigenvalue weighted by molar-refractivity contribution is 7.98. The molecule has 2 aromatic heterocycles. The van der Waals surface area contributed by atoms with Gasteiger partial charge in [-0.1, -0.05) is 16.9 Å². The van der Waals surface area contributed by atoms with Crippen molar-refractivity contribution in [2.45, 2.75) is 31.6 Å². The number of ether oxygens (including phenoxy) is 1. The number of pyridine rings is 1. The van der Waals surface area contributed by atoms with Crippen molar-refractivity contribution < 1.29 is 23.6 Å². The summed E-state index contributed by atoms with van der Waals surface area (Å²) in [6, 6.07) is 5.01. The van der Waals surface area contributed by atoms with Crippen molar-refractivity contribution in [3.05, 3.63) is 41.4 Å². The molecule has 0 atom stereocenters. The molecule has 0 aliphatic heterocycles. The Morgan fingerprint density at radius 2 is 2.10 bits per heavy atom. The molecule has 2 heterocycles. The number of aromatic nitrogens is 2. The van der Waals surface area contributed by atoms with Crippen LogP contribution in [0.2, 0.25) is 0 Å². The number of nitrogens with one attached hydrogen (secondary N) is 1. The number of carbonyl (C=O) groups is 3. The standard InChI is InChI=1S/C19H24N4O5S/c1-4-20-16(24)10-23(5-2)17(25)11-27-19(26)15-7-6-8-21-18(15)29-12-14-9-13(3)28-22-14/h6-9H,4-5,10-12H2,1-3H3,(H,20,24). The number of amides is 2. The Morgan fingerprint density at radius 1 is 1.31 bits per heavy atom. The zero-order chi connectivity index (χ0) is 21.2. The van der Waals surface area contributed by atoms with Gasteiger partial charge in [-0.05, 0) is 32.9 Å². The number of nitrogens with zero attached hydrogens (tertiary/aromatic N) is 3. The minimum Gasteiger partial charge on any atom is -0.452 e. The molecular weight excluding hydrogens is 396 g/mol. The number of carbonyl (C=O) groups excluding carboxylic acids is 3. The van der Waals surface area contributed by atoms with Gasteiger partial charge in [-0.3, -0.25) is 9.59 Å². The second-order valence-corrected chi connectivity index (χ2v) is 6.98. The van der Waals surface area contributed by atoms with Crippen molar-refractivity contribution >= 4 is 29.5 Å². The predicted octanol–water partition coefficient (Wildman–Crippen LogP) is 1.81. The van der Waals surface area contributed by atoms with Crippen LogP contribution in [0.5, 0.6) is 0 Å². The van der Waals surface area contributed by atoms with E-state index in [0.717, 1.165) is 5.69 Å². The largest absolute Gasteiger partial charge is 0.452 e. The highest BCUT2D eigenvalue weighted by Crippen LogP contribution is 2.24. The molecule has 10 heteroatoms. The Balaban J connectivity index is 1.94. The first-order valence-electron chi connectivity index (χ1n) is 9.16. The van der Waals surface area contributed by atoms with Crippen LogP contribution in [0.25, 0.3) is 0 Å². The lowest BCUT2D eigenvalue weighted by Crippen LogP contribution is -2.42. The van der Waals surface area contributed by atoms with Crippen LogP contribution >= 0.6 is 11.8 Å². The molecule has 2 aromatic rings. The Kier molecular flexibility index (Phi) is 8.66. The van der Waals surface area contributed by atoms with Gasteiger partial charge < -0.3 is 19.5 Å². The van der Waals surface area contributed by atoms with Gasteiger partial charge in [-0.15, -0.1) is 0 Å². The number of likely N-dealkylation sites (N-methyl/N-ethyl adjacent to an activating group) is 2. The van der Waals surface area contributed by atoms with E-state index in [0.29, 0.717) is 29.6 Å². The lowest BCUT2D eigenvalue weighted by Gasteiger charge is -2.20. The lowest BCUT2D eigenvalue weighted by molar-refractivity contribution is -0.138. The highest BCUT2D eigenvalue weighted by Gasteiger charge is 2.20. The monoisotopic (exact) mass is 420 g/mol. The lowest BCUT2D eigenvalue weighted by atomic mass is 10.3. The van der Waals surface area contributed by atoms with Crippen molar-refractivity contribution in [3.8, 4) is 0 Å². The van der Waals surface area contributed by atoms with Gasteiger partial charge in [-0.25, -0.2) is 9.78 Å². The van der Waals surface area contributed by atoms with Crippen molar-refractivity contribution in [1.29, 1.82) is 0 Å². The molecule has 29 heavy (non-hydrogen) atoms. The van der Waals surface area contributed by atoms with E-state index >= 15 is 0 Å². The average molecular weight is 420 g/mol. The molecule has 0 saturated carbocycles. The maximum Gasteiger partial charge on any atom is 0.341 e. The van der Waals surface area contributed by atoms with Crippen LogP contribution in [0.4, 0.5) is 0 Å². The average Bonchev–Trinajstić information content (AvgIpc) is 3.14. The van der Waals surface area contributed by atoms with Gasteiger partial charge in [0.05, 0.1) is 17.8 Å². The fourth-order valence-corrected chi connectivity index (χ4v) is 3.25. The Bertz CT molecular complexity index is 855. The summed E-state index contributed by atoms with van der Waals surface area (Å²) >= 11 is 1.32. The first kappa shape index (κ1) is 22.4. The van der Waals surface area contributed by atoms with Gasteiger partial charge in [0.2, 0.25) is 5.91 Å². The molecule has 156 valence electrons. The van der Waals surface area contributed by atoms with Gasteiger partial charge in [-0.2, -0.15) is 0 Å². The van der Waals surface area contributed by atoms with E-state index in [4.69, 9.17) is 9.26 Å². The minimum atomic E-state index is -0.653. The van der Waals surface area contributed by atoms with Crippen molar-refractivity contribution in [1.82, 2.24) is 20.4 Å². The van der Waals surface area contributed by atoms with Crippen LogP contribution in [0.1, 0.15) is 35.7 Å². The minimum absolute atomic E-state index is 0.0775. The molecular formula is C19H24N4O5S. The smallest absolute Gasteiger partial charge is 0.341 e. The summed E-state index contributed by atoms with van der Waals surface area (Å²) in [6.45, 7) is 5.63. The van der Waals surface area contributed by atoms with Gasteiger partial charge in [0.15, 0.2) is 6.61 Å². The van der Waals surface area contributed by atoms with Crippen molar-refractivity contribution in [2.75, 3.05) is 26.2 Å². The summed E-state index contributed by atoms with van der Waals surface area (Å²) in [5.74, 6) is -0.178. The fourth-order valence-electron chi connectivity index (χ4n) is 2.39. The van der Waals surface area contributed by atoms with E-state index in [1.807, 2.05) is 0 Å².